The van der Waals surface area contributed by atoms with Gasteiger partial charge in [0.1, 0.15) is 0 Å². The second-order valence-corrected chi connectivity index (χ2v) is 35.2. The molecule has 0 aliphatic carbocycles. The number of nitrogens with zero attached hydrogens (tertiary/aromatic N) is 9. The third kappa shape index (κ3) is 32.6. The van der Waals surface area contributed by atoms with E-state index >= 15 is 0 Å². The van der Waals surface area contributed by atoms with Crippen molar-refractivity contribution in [2.24, 2.45) is 0 Å². The first kappa shape index (κ1) is 55.6. The molecule has 0 bridgehead atoms. The third-order valence-corrected chi connectivity index (χ3v) is 9.57. The van der Waals surface area contributed by atoms with E-state index in [-0.39, 0.29) is 51.6 Å². The molecule has 0 amide bonds. The monoisotopic (exact) mass is 891 g/mol. The van der Waals surface area contributed by atoms with Crippen molar-refractivity contribution in [2.45, 2.75) is 106 Å². The molecule has 5 rings (SSSR count). The van der Waals surface area contributed by atoms with Gasteiger partial charge in [0.2, 0.25) is 0 Å². The summed E-state index contributed by atoms with van der Waals surface area (Å²) in [5.74, 6) is 3.53. The largest absolute Gasteiger partial charge is 3.00 e. The summed E-state index contributed by atoms with van der Waals surface area (Å²) in [4.78, 5) is 38.9. The average molecular weight is 892 g/mol. The molecule has 0 aromatic carbocycles. The van der Waals surface area contributed by atoms with E-state index in [4.69, 9.17) is 0 Å². The van der Waals surface area contributed by atoms with E-state index in [2.05, 4.69) is 151 Å². The van der Waals surface area contributed by atoms with Crippen molar-refractivity contribution >= 4 is 56.2 Å². The first-order chi connectivity index (χ1) is 24.9. The molecular weight excluding hydrogens is 827 g/mol. The molecule has 0 aliphatic heterocycles. The minimum atomic E-state index is -1.36. The molecular formula is C41H65LiN9Si4Y. The average Bonchev–Trinajstić information content (AvgIpc) is 3.00. The van der Waals surface area contributed by atoms with Crippen LogP contribution in [0.2, 0.25) is 78.6 Å². The SMILES string of the molecule is Cc1ccnc([N-][Si](C)(C)C)c1.Cc1ccnc([N-][Si](C)(C)C)c1.Cc1ccnc([N-][Si](C)(C)C)c1.Cc1ccnc([N-][Si](C)(C)C)c1.[Li+].[Y+3].c1ccncc1. The maximum absolute atomic E-state index is 4.58. The minimum Gasteiger partial charge on any atom is -0.472 e. The van der Waals surface area contributed by atoms with Gasteiger partial charge in [-0.2, -0.15) is 0 Å². The number of hydrogen-bond acceptors (Lipinski definition) is 5. The molecule has 9 nitrogen and oxygen atoms in total. The van der Waals surface area contributed by atoms with Gasteiger partial charge in [0, 0.05) is 45.3 Å². The van der Waals surface area contributed by atoms with E-state index in [1.54, 1.807) is 12.4 Å². The van der Waals surface area contributed by atoms with Gasteiger partial charge in [0.05, 0.1) is 0 Å². The molecule has 5 aromatic heterocycles. The van der Waals surface area contributed by atoms with E-state index in [1.165, 1.54) is 22.3 Å². The van der Waals surface area contributed by atoms with Gasteiger partial charge < -0.3 is 39.9 Å². The minimum absolute atomic E-state index is 0. The van der Waals surface area contributed by atoms with Gasteiger partial charge in [-0.3, -0.25) is 4.98 Å². The molecule has 56 heavy (non-hydrogen) atoms. The van der Waals surface area contributed by atoms with E-state index in [0.29, 0.717) is 0 Å². The third-order valence-electron chi connectivity index (χ3n) is 5.97. The van der Waals surface area contributed by atoms with Gasteiger partial charge in [-0.05, 0) is 39.8 Å². The molecule has 0 saturated heterocycles. The second-order valence-electron chi connectivity index (χ2n) is 16.9. The second kappa shape index (κ2) is 27.3. The van der Waals surface area contributed by atoms with Crippen molar-refractivity contribution in [1.82, 2.24) is 24.9 Å². The Kier molecular flexibility index (Phi) is 27.1. The van der Waals surface area contributed by atoms with Crippen LogP contribution in [0.15, 0.2) is 104 Å². The predicted octanol–water partition coefficient (Wildman–Crippen LogP) is 11.0. The van der Waals surface area contributed by atoms with E-state index in [9.17, 15) is 0 Å². The maximum atomic E-state index is 4.58. The Bertz CT molecular complexity index is 1520. The normalized spacial score (nSPS) is 10.6. The van der Waals surface area contributed by atoms with E-state index < -0.39 is 32.9 Å². The van der Waals surface area contributed by atoms with Crippen LogP contribution in [0.5, 0.6) is 0 Å². The van der Waals surface area contributed by atoms with Crippen molar-refractivity contribution in [2.75, 3.05) is 0 Å². The Labute approximate surface area is 381 Å². The van der Waals surface area contributed by atoms with Crippen LogP contribution in [0.3, 0.4) is 0 Å². The summed E-state index contributed by atoms with van der Waals surface area (Å²) in [6.45, 7) is 34.7. The molecule has 294 valence electrons. The summed E-state index contributed by atoms with van der Waals surface area (Å²) in [6.07, 6.45) is 10.8. The summed E-state index contributed by atoms with van der Waals surface area (Å²) in [5, 5.41) is 0. The molecule has 0 aliphatic rings. The van der Waals surface area contributed by atoms with Crippen molar-refractivity contribution in [3.8, 4) is 0 Å². The molecule has 0 spiro atoms. The number of hydrogen-bond donors (Lipinski definition) is 0. The van der Waals surface area contributed by atoms with Crippen molar-refractivity contribution < 1.29 is 51.6 Å². The molecule has 0 N–H and O–H groups in total. The Morgan fingerprint density at radius 1 is 0.357 bits per heavy atom. The van der Waals surface area contributed by atoms with Gasteiger partial charge in [0.25, 0.3) is 0 Å². The maximum Gasteiger partial charge on any atom is 3.00 e. The van der Waals surface area contributed by atoms with E-state index in [0.717, 1.165) is 23.3 Å². The standard InChI is InChI=1S/4C9H15N2Si.C5H5N.Li.Y/c4*1-8-5-6-10-9(7-8)11-12(2,3)4;1-2-4-6-5-3-1;;/h4*5-7H,1-4H3;1-5H;;/q4*-1;;+1;+3. The van der Waals surface area contributed by atoms with Crippen LogP contribution < -0.4 is 18.9 Å². The van der Waals surface area contributed by atoms with Crippen LogP contribution in [0.4, 0.5) is 23.3 Å². The first-order valence-corrected chi connectivity index (χ1v) is 32.2. The number of rotatable bonds is 8. The van der Waals surface area contributed by atoms with Gasteiger partial charge in [-0.25, -0.2) is 0 Å². The molecule has 0 radical (unpaired) electrons. The number of pyridine rings is 5. The first-order valence-electron chi connectivity index (χ1n) is 18.4. The van der Waals surface area contributed by atoms with Crippen LogP contribution in [0, 0.1) is 27.7 Å². The molecule has 0 unspecified atom stereocenters. The van der Waals surface area contributed by atoms with Crippen molar-refractivity contribution in [3.05, 3.63) is 146 Å². The Morgan fingerprint density at radius 2 is 0.571 bits per heavy atom. The Morgan fingerprint density at radius 3 is 0.696 bits per heavy atom. The predicted molar refractivity (Wildman–Crippen MR) is 246 cm³/mol. The summed E-state index contributed by atoms with van der Waals surface area (Å²) in [6, 6.07) is 21.8. The fourth-order valence-electron chi connectivity index (χ4n) is 4.01. The van der Waals surface area contributed by atoms with Gasteiger partial charge in [-0.1, -0.05) is 203 Å². The zero-order valence-corrected chi connectivity index (χ0v) is 44.3. The molecule has 0 atom stereocenters. The Balaban J connectivity index is 0. The van der Waals surface area contributed by atoms with Crippen LogP contribution in [-0.4, -0.2) is 57.9 Å². The number of aryl methyl sites for hydroxylation is 4. The molecule has 5 aromatic rings. The summed E-state index contributed by atoms with van der Waals surface area (Å²) in [7, 11) is -5.43. The van der Waals surface area contributed by atoms with Gasteiger partial charge in [0.15, 0.2) is 0 Å². The summed E-state index contributed by atoms with van der Waals surface area (Å²) >= 11 is 0. The van der Waals surface area contributed by atoms with Crippen LogP contribution in [-0.2, 0) is 32.7 Å². The summed E-state index contributed by atoms with van der Waals surface area (Å²) < 4.78 is 0. The van der Waals surface area contributed by atoms with Gasteiger partial charge >= 0.3 is 51.6 Å². The van der Waals surface area contributed by atoms with Crippen molar-refractivity contribution in [3.63, 3.8) is 0 Å². The van der Waals surface area contributed by atoms with Gasteiger partial charge in [-0.15, -0.1) is 0 Å². The summed E-state index contributed by atoms with van der Waals surface area (Å²) in [5.41, 5.74) is 4.90. The van der Waals surface area contributed by atoms with Crippen molar-refractivity contribution in [1.29, 1.82) is 0 Å². The van der Waals surface area contributed by atoms with Crippen LogP contribution in [0.1, 0.15) is 22.3 Å². The molecule has 5 heterocycles. The fraction of sp³-hybridized carbons (Fsp3) is 0.390. The Hall–Kier alpha value is -2.48. The smallest absolute Gasteiger partial charge is 0.472 e. The molecule has 15 heteroatoms. The zero-order chi connectivity index (χ0) is 41.0. The van der Waals surface area contributed by atoms with Crippen LogP contribution in [0.25, 0.3) is 19.9 Å². The topological polar surface area (TPSA) is 121 Å². The zero-order valence-electron chi connectivity index (χ0n) is 37.4. The molecule has 0 saturated carbocycles. The quantitative estimate of drug-likeness (QED) is 0.144. The molecule has 0 fully saturated rings. The van der Waals surface area contributed by atoms with E-state index in [1.807, 2.05) is 91.5 Å². The number of aromatic nitrogens is 5. The van der Waals surface area contributed by atoms with Crippen LogP contribution >= 0.6 is 0 Å². The fourth-order valence-corrected chi connectivity index (χ4v) is 7.25.